The molecule has 5 nitrogen and oxygen atoms in total. The van der Waals surface area contributed by atoms with E-state index in [1.54, 1.807) is 36.1 Å². The Morgan fingerprint density at radius 1 is 1.29 bits per heavy atom. The highest BCUT2D eigenvalue weighted by Gasteiger charge is 2.51. The normalized spacial score (nSPS) is 26.0. The number of sulfonamides is 1. The molecule has 1 saturated carbocycles. The Balaban J connectivity index is 2.06. The molecule has 1 aliphatic carbocycles. The SMILES string of the molecule is Cn1ncc2ccc(C3(S(N)(=O)=O)CCC(C(F)(F)F)CC3)cc21. The van der Waals surface area contributed by atoms with Crippen molar-refractivity contribution in [1.82, 2.24) is 9.78 Å². The summed E-state index contributed by atoms with van der Waals surface area (Å²) in [7, 11) is -2.35. The number of benzene rings is 1. The van der Waals surface area contributed by atoms with Gasteiger partial charge in [-0.3, -0.25) is 4.68 Å². The zero-order valence-electron chi connectivity index (χ0n) is 13.0. The van der Waals surface area contributed by atoms with E-state index >= 15 is 0 Å². The Morgan fingerprint density at radius 3 is 2.46 bits per heavy atom. The summed E-state index contributed by atoms with van der Waals surface area (Å²) in [5, 5.41) is 10.4. The van der Waals surface area contributed by atoms with Crippen LogP contribution in [0.3, 0.4) is 0 Å². The number of primary sulfonamides is 1. The van der Waals surface area contributed by atoms with Crippen LogP contribution < -0.4 is 5.14 Å². The van der Waals surface area contributed by atoms with Crippen LogP contribution in [0.1, 0.15) is 31.2 Å². The van der Waals surface area contributed by atoms with Crippen LogP contribution >= 0.6 is 0 Å². The molecule has 1 aromatic carbocycles. The first-order chi connectivity index (χ1) is 11.0. The maximum Gasteiger partial charge on any atom is 0.391 e. The lowest BCUT2D eigenvalue weighted by Crippen LogP contribution is -2.45. The summed E-state index contributed by atoms with van der Waals surface area (Å²) in [4.78, 5) is 0. The monoisotopic (exact) mass is 361 g/mol. The van der Waals surface area contributed by atoms with Gasteiger partial charge in [-0.1, -0.05) is 12.1 Å². The van der Waals surface area contributed by atoms with Gasteiger partial charge in [-0.2, -0.15) is 18.3 Å². The van der Waals surface area contributed by atoms with Crippen LogP contribution in [0.4, 0.5) is 13.2 Å². The summed E-state index contributed by atoms with van der Waals surface area (Å²) in [5.74, 6) is -1.48. The molecule has 1 aliphatic rings. The van der Waals surface area contributed by atoms with Crippen LogP contribution in [0.5, 0.6) is 0 Å². The smallest absolute Gasteiger partial charge is 0.268 e. The Labute approximate surface area is 137 Å². The van der Waals surface area contributed by atoms with E-state index in [2.05, 4.69) is 5.10 Å². The van der Waals surface area contributed by atoms with E-state index in [0.29, 0.717) is 11.1 Å². The Morgan fingerprint density at radius 2 is 1.92 bits per heavy atom. The van der Waals surface area contributed by atoms with Crippen LogP contribution in [0, 0.1) is 5.92 Å². The molecule has 1 fully saturated rings. The Hall–Kier alpha value is -1.61. The first kappa shape index (κ1) is 17.2. The fourth-order valence-corrected chi connectivity index (χ4v) is 4.84. The van der Waals surface area contributed by atoms with Crippen molar-refractivity contribution in [2.75, 3.05) is 0 Å². The van der Waals surface area contributed by atoms with Crippen molar-refractivity contribution in [3.05, 3.63) is 30.0 Å². The molecule has 3 rings (SSSR count). The van der Waals surface area contributed by atoms with Crippen molar-refractivity contribution >= 4 is 20.9 Å². The van der Waals surface area contributed by atoms with E-state index in [1.165, 1.54) is 0 Å². The highest BCUT2D eigenvalue weighted by molar-refractivity contribution is 7.90. The van der Waals surface area contributed by atoms with Crippen molar-refractivity contribution in [2.24, 2.45) is 18.1 Å². The van der Waals surface area contributed by atoms with Gasteiger partial charge in [-0.15, -0.1) is 0 Å². The molecule has 132 valence electrons. The van der Waals surface area contributed by atoms with Crippen LogP contribution in [-0.4, -0.2) is 24.4 Å². The predicted molar refractivity (Wildman–Crippen MR) is 83.5 cm³/mol. The lowest BCUT2D eigenvalue weighted by molar-refractivity contribution is -0.183. The number of nitrogens with zero attached hydrogens (tertiary/aromatic N) is 2. The molecular formula is C15H18F3N3O2S. The number of hydrogen-bond donors (Lipinski definition) is 1. The van der Waals surface area contributed by atoms with Gasteiger partial charge in [-0.05, 0) is 37.3 Å². The van der Waals surface area contributed by atoms with Crippen molar-refractivity contribution in [3.63, 3.8) is 0 Å². The standard InChI is InChI=1S/C15H18F3N3O2S/c1-21-13-8-12(3-2-10(13)9-20-21)14(24(19,22)23)6-4-11(5-7-14)15(16,17)18/h2-3,8-9,11H,4-7H2,1H3,(H2,19,22,23). The molecule has 0 bridgehead atoms. The van der Waals surface area contributed by atoms with Gasteiger partial charge >= 0.3 is 6.18 Å². The maximum absolute atomic E-state index is 12.9. The van der Waals surface area contributed by atoms with E-state index < -0.39 is 26.9 Å². The number of nitrogens with two attached hydrogens (primary N) is 1. The number of aryl methyl sites for hydroxylation is 1. The van der Waals surface area contributed by atoms with E-state index in [4.69, 9.17) is 5.14 Å². The molecule has 0 amide bonds. The summed E-state index contributed by atoms with van der Waals surface area (Å²) < 4.78 is 63.5. The largest absolute Gasteiger partial charge is 0.391 e. The van der Waals surface area contributed by atoms with Crippen LogP contribution in [0.2, 0.25) is 0 Å². The number of alkyl halides is 3. The summed E-state index contributed by atoms with van der Waals surface area (Å²) in [5.41, 5.74) is 1.15. The van der Waals surface area contributed by atoms with E-state index in [1.807, 2.05) is 0 Å². The van der Waals surface area contributed by atoms with Crippen molar-refractivity contribution in [2.45, 2.75) is 36.6 Å². The fourth-order valence-electron chi connectivity index (χ4n) is 3.58. The third kappa shape index (κ3) is 2.69. The molecule has 1 heterocycles. The Bertz CT molecular complexity index is 866. The highest BCUT2D eigenvalue weighted by Crippen LogP contribution is 2.48. The zero-order chi connectivity index (χ0) is 17.8. The lowest BCUT2D eigenvalue weighted by atomic mass is 9.77. The van der Waals surface area contributed by atoms with Crippen molar-refractivity contribution in [3.8, 4) is 0 Å². The van der Waals surface area contributed by atoms with Crippen molar-refractivity contribution in [1.29, 1.82) is 0 Å². The third-order valence-electron chi connectivity index (χ3n) is 5.08. The lowest BCUT2D eigenvalue weighted by Gasteiger charge is -2.39. The summed E-state index contributed by atoms with van der Waals surface area (Å²) >= 11 is 0. The van der Waals surface area contributed by atoms with E-state index in [-0.39, 0.29) is 25.7 Å². The average molecular weight is 361 g/mol. The van der Waals surface area contributed by atoms with Gasteiger partial charge in [0.1, 0.15) is 4.75 Å². The summed E-state index contributed by atoms with van der Waals surface area (Å²) in [6.07, 6.45) is -3.44. The fraction of sp³-hybridized carbons (Fsp3) is 0.533. The molecule has 2 aromatic rings. The third-order valence-corrected chi connectivity index (χ3v) is 6.81. The second-order valence-electron chi connectivity index (χ2n) is 6.40. The first-order valence-electron chi connectivity index (χ1n) is 7.56. The molecule has 24 heavy (non-hydrogen) atoms. The van der Waals surface area contributed by atoms with Gasteiger partial charge in [0, 0.05) is 12.4 Å². The maximum atomic E-state index is 12.9. The molecule has 0 saturated heterocycles. The van der Waals surface area contributed by atoms with Crippen LogP contribution in [-0.2, 0) is 21.8 Å². The summed E-state index contributed by atoms with van der Waals surface area (Å²) in [6.45, 7) is 0. The van der Waals surface area contributed by atoms with E-state index in [0.717, 1.165) is 5.39 Å². The molecule has 0 atom stereocenters. The molecule has 1 aromatic heterocycles. The highest BCUT2D eigenvalue weighted by atomic mass is 32.2. The minimum absolute atomic E-state index is 0.140. The molecule has 0 aliphatic heterocycles. The van der Waals surface area contributed by atoms with Gasteiger partial charge in [0.25, 0.3) is 0 Å². The Kier molecular flexibility index (Phi) is 3.91. The molecule has 2 N–H and O–H groups in total. The molecule has 0 unspecified atom stereocenters. The molecule has 0 spiro atoms. The predicted octanol–water partition coefficient (Wildman–Crippen LogP) is 2.81. The van der Waals surface area contributed by atoms with Gasteiger partial charge in [-0.25, -0.2) is 13.6 Å². The number of rotatable bonds is 2. The minimum Gasteiger partial charge on any atom is -0.268 e. The second-order valence-corrected chi connectivity index (χ2v) is 8.27. The van der Waals surface area contributed by atoms with Crippen molar-refractivity contribution < 1.29 is 21.6 Å². The first-order valence-corrected chi connectivity index (χ1v) is 9.10. The van der Waals surface area contributed by atoms with Gasteiger partial charge in [0.15, 0.2) is 0 Å². The van der Waals surface area contributed by atoms with Gasteiger partial charge in [0.2, 0.25) is 10.0 Å². The van der Waals surface area contributed by atoms with Crippen LogP contribution in [0.15, 0.2) is 24.4 Å². The number of aromatic nitrogens is 2. The minimum atomic E-state index is -4.31. The quantitative estimate of drug-likeness (QED) is 0.893. The molecule has 9 heteroatoms. The van der Waals surface area contributed by atoms with E-state index in [9.17, 15) is 21.6 Å². The molecule has 0 radical (unpaired) electrons. The average Bonchev–Trinajstić information content (AvgIpc) is 2.86. The molecular weight excluding hydrogens is 343 g/mol. The number of fused-ring (bicyclic) bond motifs is 1. The number of halogens is 3. The topological polar surface area (TPSA) is 78.0 Å². The summed E-state index contributed by atoms with van der Waals surface area (Å²) in [6, 6.07) is 5.02. The second kappa shape index (κ2) is 5.45. The number of hydrogen-bond acceptors (Lipinski definition) is 3. The zero-order valence-corrected chi connectivity index (χ0v) is 13.9. The van der Waals surface area contributed by atoms with Gasteiger partial charge < -0.3 is 0 Å². The van der Waals surface area contributed by atoms with Crippen LogP contribution in [0.25, 0.3) is 10.9 Å². The van der Waals surface area contributed by atoms with Gasteiger partial charge in [0.05, 0.1) is 17.6 Å².